The van der Waals surface area contributed by atoms with Crippen LogP contribution in [0.5, 0.6) is 5.75 Å². The molecule has 16 heavy (non-hydrogen) atoms. The molecule has 88 valence electrons. The maximum Gasteiger partial charge on any atom is 0.124 e. The van der Waals surface area contributed by atoms with Gasteiger partial charge < -0.3 is 10.1 Å². The van der Waals surface area contributed by atoms with Crippen molar-refractivity contribution in [1.82, 2.24) is 5.32 Å². The molecule has 0 aliphatic carbocycles. The topological polar surface area (TPSA) is 21.3 Å². The molecule has 2 heteroatoms. The third kappa shape index (κ3) is 1.94. The predicted octanol–water partition coefficient (Wildman–Crippen LogP) is 3.07. The summed E-state index contributed by atoms with van der Waals surface area (Å²) in [6.07, 6.45) is 2.43. The van der Waals surface area contributed by atoms with Crippen molar-refractivity contribution >= 4 is 0 Å². The first kappa shape index (κ1) is 11.5. The van der Waals surface area contributed by atoms with Gasteiger partial charge in [0.15, 0.2) is 0 Å². The fraction of sp³-hybridized carbons (Fsp3) is 0.571. The molecule has 1 aromatic rings. The van der Waals surface area contributed by atoms with E-state index in [4.69, 9.17) is 4.74 Å². The van der Waals surface area contributed by atoms with Crippen LogP contribution in [-0.4, -0.2) is 12.6 Å². The lowest BCUT2D eigenvalue weighted by molar-refractivity contribution is 0.186. The lowest BCUT2D eigenvalue weighted by atomic mass is 9.99. The van der Waals surface area contributed by atoms with Crippen molar-refractivity contribution in [2.24, 2.45) is 0 Å². The number of fused-ring (bicyclic) bond motifs is 1. The van der Waals surface area contributed by atoms with Gasteiger partial charge in [0.2, 0.25) is 0 Å². The smallest absolute Gasteiger partial charge is 0.124 e. The van der Waals surface area contributed by atoms with Gasteiger partial charge in [0, 0.05) is 5.56 Å². The highest BCUT2D eigenvalue weighted by Crippen LogP contribution is 2.38. The van der Waals surface area contributed by atoms with Crippen LogP contribution >= 0.6 is 0 Å². The Bertz CT molecular complexity index is 362. The number of likely N-dealkylation sites (N-methyl/N-ethyl adjacent to an activating group) is 1. The summed E-state index contributed by atoms with van der Waals surface area (Å²) in [6.45, 7) is 7.51. The van der Waals surface area contributed by atoms with Gasteiger partial charge in [-0.3, -0.25) is 0 Å². The molecule has 0 fully saturated rings. The van der Waals surface area contributed by atoms with Gasteiger partial charge in [0.05, 0.1) is 6.04 Å². The number of hydrogen-bond acceptors (Lipinski definition) is 2. The molecule has 0 bridgehead atoms. The van der Waals surface area contributed by atoms with E-state index in [-0.39, 0.29) is 0 Å². The summed E-state index contributed by atoms with van der Waals surface area (Å²) in [5.41, 5.74) is 2.73. The highest BCUT2D eigenvalue weighted by atomic mass is 16.5. The molecule has 2 atom stereocenters. The van der Waals surface area contributed by atoms with Gasteiger partial charge in [0.25, 0.3) is 0 Å². The quantitative estimate of drug-likeness (QED) is 0.840. The van der Waals surface area contributed by atoms with E-state index in [1.807, 2.05) is 0 Å². The second-order valence-electron chi connectivity index (χ2n) is 4.33. The number of hydrogen-bond donors (Lipinski definition) is 1. The highest BCUT2D eigenvalue weighted by Gasteiger charge is 2.32. The Morgan fingerprint density at radius 3 is 2.69 bits per heavy atom. The molecule has 2 rings (SSSR count). The average molecular weight is 219 g/mol. The number of nitrogens with one attached hydrogen (secondary N) is 1. The number of benzene rings is 1. The summed E-state index contributed by atoms with van der Waals surface area (Å²) in [4.78, 5) is 0. The first-order chi connectivity index (χ1) is 7.80. The Morgan fingerprint density at radius 1 is 1.25 bits per heavy atom. The van der Waals surface area contributed by atoms with Gasteiger partial charge in [-0.25, -0.2) is 0 Å². The third-order valence-electron chi connectivity index (χ3n) is 3.29. The van der Waals surface area contributed by atoms with E-state index in [0.29, 0.717) is 12.1 Å². The Balaban J connectivity index is 2.31. The van der Waals surface area contributed by atoms with Crippen molar-refractivity contribution in [2.45, 2.75) is 45.8 Å². The van der Waals surface area contributed by atoms with Gasteiger partial charge >= 0.3 is 0 Å². The van der Waals surface area contributed by atoms with E-state index in [0.717, 1.165) is 25.1 Å². The molecular formula is C14H21NO. The molecule has 0 aromatic heterocycles. The molecule has 0 spiro atoms. The van der Waals surface area contributed by atoms with Crippen molar-refractivity contribution in [2.75, 3.05) is 6.54 Å². The zero-order chi connectivity index (χ0) is 11.5. The average Bonchev–Trinajstić information content (AvgIpc) is 2.67. The number of aryl methyl sites for hydroxylation is 1. The zero-order valence-electron chi connectivity index (χ0n) is 10.4. The van der Waals surface area contributed by atoms with Crippen LogP contribution in [-0.2, 0) is 6.42 Å². The summed E-state index contributed by atoms with van der Waals surface area (Å²) in [5, 5.41) is 3.53. The molecule has 2 nitrogen and oxygen atoms in total. The monoisotopic (exact) mass is 219 g/mol. The second-order valence-corrected chi connectivity index (χ2v) is 4.33. The molecule has 2 unspecified atom stereocenters. The van der Waals surface area contributed by atoms with E-state index in [2.05, 4.69) is 44.3 Å². The van der Waals surface area contributed by atoms with Crippen molar-refractivity contribution in [3.05, 3.63) is 29.3 Å². The van der Waals surface area contributed by atoms with Crippen LogP contribution in [0.1, 0.15) is 44.4 Å². The van der Waals surface area contributed by atoms with E-state index in [9.17, 15) is 0 Å². The molecule has 1 N–H and O–H groups in total. The normalized spacial score (nSPS) is 22.9. The maximum absolute atomic E-state index is 5.96. The largest absolute Gasteiger partial charge is 0.488 e. The molecule has 0 amide bonds. The van der Waals surface area contributed by atoms with Gasteiger partial charge in [0.1, 0.15) is 11.9 Å². The standard InChI is InChI=1S/C14H21NO/c1-4-10-7-8-13-11(9-10)14(15-6-3)12(5-2)16-13/h7-9,12,14-15H,4-6H2,1-3H3. The molecule has 1 aliphatic rings. The van der Waals surface area contributed by atoms with Crippen molar-refractivity contribution < 1.29 is 4.74 Å². The van der Waals surface area contributed by atoms with Gasteiger partial charge in [-0.05, 0) is 31.0 Å². The van der Waals surface area contributed by atoms with Crippen LogP contribution in [0, 0.1) is 0 Å². The maximum atomic E-state index is 5.96. The lowest BCUT2D eigenvalue weighted by Gasteiger charge is -2.18. The van der Waals surface area contributed by atoms with Gasteiger partial charge in [-0.1, -0.05) is 32.9 Å². The summed E-state index contributed by atoms with van der Waals surface area (Å²) in [7, 11) is 0. The Morgan fingerprint density at radius 2 is 2.06 bits per heavy atom. The van der Waals surface area contributed by atoms with Crippen molar-refractivity contribution in [3.8, 4) is 5.75 Å². The van der Waals surface area contributed by atoms with E-state index < -0.39 is 0 Å². The minimum atomic E-state index is 0.294. The number of ether oxygens (including phenoxy) is 1. The molecule has 0 saturated heterocycles. The second kappa shape index (κ2) is 4.88. The first-order valence-corrected chi connectivity index (χ1v) is 6.33. The van der Waals surface area contributed by atoms with Crippen LogP contribution < -0.4 is 10.1 Å². The lowest BCUT2D eigenvalue weighted by Crippen LogP contribution is -2.30. The van der Waals surface area contributed by atoms with Crippen LogP contribution in [0.3, 0.4) is 0 Å². The zero-order valence-corrected chi connectivity index (χ0v) is 10.4. The minimum absolute atomic E-state index is 0.294. The summed E-state index contributed by atoms with van der Waals surface area (Å²) < 4.78 is 5.96. The van der Waals surface area contributed by atoms with Crippen LogP contribution in [0.25, 0.3) is 0 Å². The van der Waals surface area contributed by atoms with E-state index >= 15 is 0 Å². The highest BCUT2D eigenvalue weighted by molar-refractivity contribution is 5.43. The fourth-order valence-corrected chi connectivity index (χ4v) is 2.38. The molecule has 0 saturated carbocycles. The van der Waals surface area contributed by atoms with E-state index in [1.54, 1.807) is 0 Å². The van der Waals surface area contributed by atoms with E-state index in [1.165, 1.54) is 11.1 Å². The molecule has 0 radical (unpaired) electrons. The van der Waals surface area contributed by atoms with Crippen molar-refractivity contribution in [1.29, 1.82) is 0 Å². The van der Waals surface area contributed by atoms with Gasteiger partial charge in [-0.15, -0.1) is 0 Å². The van der Waals surface area contributed by atoms with Gasteiger partial charge in [-0.2, -0.15) is 0 Å². The number of rotatable bonds is 4. The molecule has 1 heterocycles. The Labute approximate surface area is 98.0 Å². The third-order valence-corrected chi connectivity index (χ3v) is 3.29. The molecule has 1 aliphatic heterocycles. The predicted molar refractivity (Wildman–Crippen MR) is 66.9 cm³/mol. The first-order valence-electron chi connectivity index (χ1n) is 6.33. The van der Waals surface area contributed by atoms with Crippen LogP contribution in [0.4, 0.5) is 0 Å². The van der Waals surface area contributed by atoms with Crippen molar-refractivity contribution in [3.63, 3.8) is 0 Å². The molecule has 1 aromatic carbocycles. The summed E-state index contributed by atoms with van der Waals surface area (Å²) in [5.74, 6) is 1.06. The molecular weight excluding hydrogens is 198 g/mol. The minimum Gasteiger partial charge on any atom is -0.488 e. The Hall–Kier alpha value is -1.02. The van der Waals surface area contributed by atoms with Crippen LogP contribution in [0.15, 0.2) is 18.2 Å². The SMILES string of the molecule is CCNC1c2cc(CC)ccc2OC1CC. The summed E-state index contributed by atoms with van der Waals surface area (Å²) in [6, 6.07) is 6.95. The summed E-state index contributed by atoms with van der Waals surface area (Å²) >= 11 is 0. The fourth-order valence-electron chi connectivity index (χ4n) is 2.38. The van der Waals surface area contributed by atoms with Crippen LogP contribution in [0.2, 0.25) is 0 Å². The Kier molecular flexibility index (Phi) is 3.49.